The van der Waals surface area contributed by atoms with Gasteiger partial charge in [0.05, 0.1) is 12.0 Å². The summed E-state index contributed by atoms with van der Waals surface area (Å²) >= 11 is 0. The first kappa shape index (κ1) is 26.6. The molecule has 0 heterocycles. The van der Waals surface area contributed by atoms with Crippen molar-refractivity contribution in [3.05, 3.63) is 36.0 Å². The minimum Gasteiger partial charge on any atom is -0.198 e. The Morgan fingerprint density at radius 2 is 1.48 bits per heavy atom. The molecule has 0 saturated heterocycles. The quantitative estimate of drug-likeness (QED) is 0.415. The van der Waals surface area contributed by atoms with Gasteiger partial charge in [0.25, 0.3) is 0 Å². The summed E-state index contributed by atoms with van der Waals surface area (Å²) in [6.45, 7) is 18.6. The summed E-state index contributed by atoms with van der Waals surface area (Å²) in [5.41, 5.74) is 2.11. The Hall–Kier alpha value is -1.29. The molecule has 1 atom stereocenters. The van der Waals surface area contributed by atoms with Gasteiger partial charge in [-0.25, -0.2) is 0 Å². The van der Waals surface area contributed by atoms with Gasteiger partial charge in [-0.3, -0.25) is 0 Å². The minimum atomic E-state index is -0.0304. The molecule has 0 aromatic carbocycles. The summed E-state index contributed by atoms with van der Waals surface area (Å²) in [5, 5.41) is 8.82. The molecule has 0 rings (SSSR count). The van der Waals surface area contributed by atoms with Gasteiger partial charge in [0.15, 0.2) is 0 Å². The fourth-order valence-corrected chi connectivity index (χ4v) is 1.37. The van der Waals surface area contributed by atoms with Crippen molar-refractivity contribution in [3.63, 3.8) is 0 Å². The normalized spacial score (nSPS) is 11.7. The maximum atomic E-state index is 8.82. The van der Waals surface area contributed by atoms with Gasteiger partial charge < -0.3 is 0 Å². The molecule has 134 valence electrons. The topological polar surface area (TPSA) is 23.8 Å². The first-order valence-electron chi connectivity index (χ1n) is 9.38. The Balaban J connectivity index is -0.000000365. The Labute approximate surface area is 147 Å². The standard InChI is InChI=1S/C13H19N.C5H12.C4H10/c1-5-6-7-13(12(4)10-14)9-8-11(2)3;1-3-5-4-2;1-3-4-2/h7-9,12H,2,5-6H2,1,3-4H3;3-5H2,1-2H3;3-4H2,1-2H3/b9-8-,13-7+;;. The van der Waals surface area contributed by atoms with E-state index in [9.17, 15) is 0 Å². The number of nitrogens with zero attached hydrogens (tertiary/aromatic N) is 1. The zero-order valence-corrected chi connectivity index (χ0v) is 16.9. The number of hydrogen-bond donors (Lipinski definition) is 0. The molecule has 0 spiro atoms. The lowest BCUT2D eigenvalue weighted by molar-refractivity contribution is 0.772. The zero-order chi connectivity index (χ0) is 18.5. The summed E-state index contributed by atoms with van der Waals surface area (Å²) in [5.74, 6) is -0.0304. The van der Waals surface area contributed by atoms with E-state index in [0.717, 1.165) is 24.0 Å². The average molecular weight is 320 g/mol. The third kappa shape index (κ3) is 26.0. The van der Waals surface area contributed by atoms with Crippen molar-refractivity contribution >= 4 is 0 Å². The molecule has 1 nitrogen and oxygen atoms in total. The molecule has 0 N–H and O–H groups in total. The lowest BCUT2D eigenvalue weighted by Crippen LogP contribution is -1.93. The molecule has 0 radical (unpaired) electrons. The first-order chi connectivity index (χ1) is 10.9. The molecule has 0 amide bonds. The second-order valence-electron chi connectivity index (χ2n) is 5.88. The van der Waals surface area contributed by atoms with Crippen LogP contribution in [0.1, 0.15) is 93.4 Å². The van der Waals surface area contributed by atoms with Crippen molar-refractivity contribution in [2.75, 3.05) is 0 Å². The van der Waals surface area contributed by atoms with E-state index in [-0.39, 0.29) is 5.92 Å². The van der Waals surface area contributed by atoms with E-state index >= 15 is 0 Å². The number of unbranched alkanes of at least 4 members (excludes halogenated alkanes) is 4. The molecule has 0 aromatic heterocycles. The van der Waals surface area contributed by atoms with Gasteiger partial charge in [-0.05, 0) is 25.8 Å². The van der Waals surface area contributed by atoms with Crippen LogP contribution in [-0.4, -0.2) is 0 Å². The fraction of sp³-hybridized carbons (Fsp3) is 0.682. The van der Waals surface area contributed by atoms with E-state index in [2.05, 4.69) is 53.3 Å². The predicted molar refractivity (Wildman–Crippen MR) is 108 cm³/mol. The molecule has 1 heteroatoms. The Morgan fingerprint density at radius 3 is 1.74 bits per heavy atom. The highest BCUT2D eigenvalue weighted by Crippen LogP contribution is 2.13. The van der Waals surface area contributed by atoms with Crippen molar-refractivity contribution in [3.8, 4) is 6.07 Å². The molecule has 1 unspecified atom stereocenters. The van der Waals surface area contributed by atoms with Crippen LogP contribution >= 0.6 is 0 Å². The van der Waals surface area contributed by atoms with E-state index in [4.69, 9.17) is 5.26 Å². The molecule has 0 fully saturated rings. The predicted octanol–water partition coefficient (Wildman–Crippen LogP) is 8.01. The van der Waals surface area contributed by atoms with Crippen LogP contribution in [0.15, 0.2) is 36.0 Å². The second kappa shape index (κ2) is 23.0. The van der Waals surface area contributed by atoms with Crippen molar-refractivity contribution in [2.45, 2.75) is 93.4 Å². The van der Waals surface area contributed by atoms with Crippen molar-refractivity contribution in [2.24, 2.45) is 5.92 Å². The van der Waals surface area contributed by atoms with Gasteiger partial charge in [0.1, 0.15) is 0 Å². The smallest absolute Gasteiger partial charge is 0.0700 e. The molecular formula is C22H41N. The van der Waals surface area contributed by atoms with Gasteiger partial charge in [-0.1, -0.05) is 104 Å². The molecule has 23 heavy (non-hydrogen) atoms. The van der Waals surface area contributed by atoms with Gasteiger partial charge in [-0.2, -0.15) is 5.26 Å². The van der Waals surface area contributed by atoms with Crippen molar-refractivity contribution < 1.29 is 0 Å². The summed E-state index contributed by atoms with van der Waals surface area (Å²) < 4.78 is 0. The van der Waals surface area contributed by atoms with Crippen LogP contribution in [0.4, 0.5) is 0 Å². The minimum absolute atomic E-state index is 0.0304. The van der Waals surface area contributed by atoms with Gasteiger partial charge in [0, 0.05) is 0 Å². The summed E-state index contributed by atoms with van der Waals surface area (Å²) in [6.07, 6.45) is 14.9. The van der Waals surface area contributed by atoms with E-state index in [0.29, 0.717) is 0 Å². The first-order valence-corrected chi connectivity index (χ1v) is 9.38. The van der Waals surface area contributed by atoms with Crippen LogP contribution in [0.3, 0.4) is 0 Å². The van der Waals surface area contributed by atoms with Gasteiger partial charge >= 0.3 is 0 Å². The van der Waals surface area contributed by atoms with Crippen LogP contribution in [0, 0.1) is 17.2 Å². The molecule has 0 aromatic rings. The highest BCUT2D eigenvalue weighted by atomic mass is 14.3. The highest BCUT2D eigenvalue weighted by molar-refractivity contribution is 5.29. The summed E-state index contributed by atoms with van der Waals surface area (Å²) in [6, 6.07) is 2.25. The van der Waals surface area contributed by atoms with Gasteiger partial charge in [-0.15, -0.1) is 0 Å². The zero-order valence-electron chi connectivity index (χ0n) is 16.9. The maximum absolute atomic E-state index is 8.82. The SMILES string of the molecule is C=C(C)/C=C\C(=C/CCC)C(C)C#N.CCCC.CCCCC. The number of allylic oxidation sites excluding steroid dienone is 5. The molecule has 0 bridgehead atoms. The van der Waals surface area contributed by atoms with E-state index in [1.807, 2.05) is 26.0 Å². The molecule has 0 aliphatic rings. The van der Waals surface area contributed by atoms with Gasteiger partial charge in [0.2, 0.25) is 0 Å². The van der Waals surface area contributed by atoms with Crippen LogP contribution in [0.25, 0.3) is 0 Å². The number of hydrogen-bond acceptors (Lipinski definition) is 1. The number of nitriles is 1. The van der Waals surface area contributed by atoms with Crippen LogP contribution in [0.2, 0.25) is 0 Å². The third-order valence-electron chi connectivity index (χ3n) is 3.13. The Bertz CT molecular complexity index is 337. The van der Waals surface area contributed by atoms with Crippen molar-refractivity contribution in [1.82, 2.24) is 0 Å². The lowest BCUT2D eigenvalue weighted by atomic mass is 10.00. The van der Waals surface area contributed by atoms with Crippen LogP contribution < -0.4 is 0 Å². The Morgan fingerprint density at radius 1 is 0.957 bits per heavy atom. The van der Waals surface area contributed by atoms with E-state index < -0.39 is 0 Å². The fourth-order valence-electron chi connectivity index (χ4n) is 1.37. The monoisotopic (exact) mass is 319 g/mol. The summed E-state index contributed by atoms with van der Waals surface area (Å²) in [4.78, 5) is 0. The van der Waals surface area contributed by atoms with Crippen LogP contribution in [0.5, 0.6) is 0 Å². The number of rotatable bonds is 8. The molecule has 0 saturated carbocycles. The van der Waals surface area contributed by atoms with E-state index in [1.165, 1.54) is 32.1 Å². The molecular weight excluding hydrogens is 278 g/mol. The van der Waals surface area contributed by atoms with Crippen molar-refractivity contribution in [1.29, 1.82) is 5.26 Å². The van der Waals surface area contributed by atoms with E-state index in [1.54, 1.807) is 0 Å². The molecule has 0 aliphatic carbocycles. The maximum Gasteiger partial charge on any atom is 0.0700 e. The largest absolute Gasteiger partial charge is 0.198 e. The lowest BCUT2D eigenvalue weighted by Gasteiger charge is -2.03. The average Bonchev–Trinajstić information content (AvgIpc) is 2.55. The van der Waals surface area contributed by atoms with Crippen LogP contribution in [-0.2, 0) is 0 Å². The Kier molecular flexibility index (Phi) is 26.6. The highest BCUT2D eigenvalue weighted by Gasteiger charge is 2.02. The summed E-state index contributed by atoms with van der Waals surface area (Å²) in [7, 11) is 0. The second-order valence-corrected chi connectivity index (χ2v) is 5.88. The molecule has 0 aliphatic heterocycles. The third-order valence-corrected chi connectivity index (χ3v) is 3.13.